The third-order valence-electron chi connectivity index (χ3n) is 1.96. The van der Waals surface area contributed by atoms with E-state index in [1.807, 2.05) is 30.3 Å². The number of rotatable bonds is 0. The molecule has 0 heterocycles. The van der Waals surface area contributed by atoms with Crippen LogP contribution >= 0.6 is 0 Å². The first-order chi connectivity index (χ1) is 6.31. The molecule has 0 bridgehead atoms. The van der Waals surface area contributed by atoms with Gasteiger partial charge < -0.3 is 0 Å². The van der Waals surface area contributed by atoms with Gasteiger partial charge in [-0.25, -0.2) is 4.39 Å². The molecule has 0 atom stereocenters. The fourth-order valence-electron chi connectivity index (χ4n) is 1.30. The van der Waals surface area contributed by atoms with Gasteiger partial charge in [-0.1, -0.05) is 24.3 Å². The van der Waals surface area contributed by atoms with E-state index in [9.17, 15) is 4.39 Å². The Morgan fingerprint density at radius 2 is 1.69 bits per heavy atom. The van der Waals surface area contributed by atoms with Crippen LogP contribution in [-0.4, -0.2) is 0 Å². The van der Waals surface area contributed by atoms with Crippen LogP contribution in [0.1, 0.15) is 5.56 Å². The Morgan fingerprint density at radius 1 is 1.08 bits per heavy atom. The van der Waals surface area contributed by atoms with Gasteiger partial charge in [-0.05, 0) is 22.9 Å². The van der Waals surface area contributed by atoms with Crippen molar-refractivity contribution < 1.29 is 4.39 Å². The van der Waals surface area contributed by atoms with Crippen molar-refractivity contribution in [1.82, 2.24) is 0 Å². The molecule has 13 heavy (non-hydrogen) atoms. The highest BCUT2D eigenvalue weighted by Gasteiger charge is 2.02. The van der Waals surface area contributed by atoms with Crippen molar-refractivity contribution >= 4 is 10.8 Å². The maximum absolute atomic E-state index is 13.1. The van der Waals surface area contributed by atoms with E-state index in [2.05, 4.69) is 0 Å². The second-order valence-electron chi connectivity index (χ2n) is 2.79. The number of fused-ring (bicyclic) bond motifs is 1. The molecule has 0 N–H and O–H groups in total. The van der Waals surface area contributed by atoms with E-state index in [-0.39, 0.29) is 5.56 Å². The van der Waals surface area contributed by atoms with E-state index in [0.717, 1.165) is 10.8 Å². The highest BCUT2D eigenvalue weighted by molar-refractivity contribution is 5.83. The van der Waals surface area contributed by atoms with Gasteiger partial charge in [-0.15, -0.1) is 0 Å². The van der Waals surface area contributed by atoms with Crippen LogP contribution in [0.4, 0.5) is 4.39 Å². The van der Waals surface area contributed by atoms with Crippen molar-refractivity contribution in [2.24, 2.45) is 0 Å². The standard InChI is InChI=1S/C11H6FN/c12-11-6-9-4-2-1-3-8(9)5-10(11)7-13/h1-6H. The third kappa shape index (κ3) is 1.25. The van der Waals surface area contributed by atoms with Crippen molar-refractivity contribution in [1.29, 1.82) is 5.26 Å². The van der Waals surface area contributed by atoms with Crippen molar-refractivity contribution in [3.63, 3.8) is 0 Å². The number of hydrogen-bond donors (Lipinski definition) is 0. The van der Waals surface area contributed by atoms with Gasteiger partial charge in [-0.3, -0.25) is 0 Å². The van der Waals surface area contributed by atoms with Gasteiger partial charge in [-0.2, -0.15) is 5.26 Å². The predicted octanol–water partition coefficient (Wildman–Crippen LogP) is 2.85. The molecular weight excluding hydrogens is 165 g/mol. The number of halogens is 1. The number of benzene rings is 2. The van der Waals surface area contributed by atoms with E-state index in [1.54, 1.807) is 6.07 Å². The average Bonchev–Trinajstić information content (AvgIpc) is 2.17. The monoisotopic (exact) mass is 171 g/mol. The van der Waals surface area contributed by atoms with Crippen LogP contribution in [0.25, 0.3) is 10.8 Å². The minimum absolute atomic E-state index is 0.0960. The summed E-state index contributed by atoms with van der Waals surface area (Å²) in [5.41, 5.74) is 0.0960. The molecule has 2 rings (SSSR count). The normalized spacial score (nSPS) is 9.85. The van der Waals surface area contributed by atoms with Crippen LogP contribution in [0.5, 0.6) is 0 Å². The van der Waals surface area contributed by atoms with Crippen LogP contribution in [0.3, 0.4) is 0 Å². The largest absolute Gasteiger partial charge is 0.206 e. The van der Waals surface area contributed by atoms with Crippen LogP contribution in [0, 0.1) is 17.1 Å². The summed E-state index contributed by atoms with van der Waals surface area (Å²) in [4.78, 5) is 0. The molecule has 62 valence electrons. The zero-order valence-electron chi connectivity index (χ0n) is 6.79. The first kappa shape index (κ1) is 7.75. The summed E-state index contributed by atoms with van der Waals surface area (Å²) < 4.78 is 13.1. The third-order valence-corrected chi connectivity index (χ3v) is 1.96. The zero-order valence-corrected chi connectivity index (χ0v) is 6.79. The molecule has 2 aromatic carbocycles. The Hall–Kier alpha value is -1.88. The van der Waals surface area contributed by atoms with Crippen LogP contribution < -0.4 is 0 Å². The SMILES string of the molecule is N#Cc1cc2ccccc2cc1F. The molecule has 2 heteroatoms. The molecule has 0 aliphatic carbocycles. The molecule has 0 fully saturated rings. The fourth-order valence-corrected chi connectivity index (χ4v) is 1.30. The summed E-state index contributed by atoms with van der Waals surface area (Å²) in [6, 6.07) is 12.1. The summed E-state index contributed by atoms with van der Waals surface area (Å²) in [6.45, 7) is 0. The molecule has 0 aliphatic heterocycles. The van der Waals surface area contributed by atoms with E-state index < -0.39 is 5.82 Å². The quantitative estimate of drug-likeness (QED) is 0.597. The summed E-state index contributed by atoms with van der Waals surface area (Å²) in [7, 11) is 0. The lowest BCUT2D eigenvalue weighted by molar-refractivity contribution is 0.626. The maximum Gasteiger partial charge on any atom is 0.141 e. The summed E-state index contributed by atoms with van der Waals surface area (Å²) in [5.74, 6) is -0.457. The number of nitriles is 1. The van der Waals surface area contributed by atoms with E-state index in [0.29, 0.717) is 0 Å². The average molecular weight is 171 g/mol. The van der Waals surface area contributed by atoms with Crippen LogP contribution in [0.15, 0.2) is 36.4 Å². The maximum atomic E-state index is 13.1. The molecule has 0 amide bonds. The molecule has 0 radical (unpaired) electrons. The van der Waals surface area contributed by atoms with Crippen molar-refractivity contribution in [2.75, 3.05) is 0 Å². The van der Waals surface area contributed by atoms with Gasteiger partial charge in [0.15, 0.2) is 0 Å². The molecular formula is C11H6FN. The van der Waals surface area contributed by atoms with Crippen molar-refractivity contribution in [3.8, 4) is 6.07 Å². The Labute approximate surface area is 75.0 Å². The molecule has 2 aromatic rings. The van der Waals surface area contributed by atoms with Gasteiger partial charge in [0.05, 0.1) is 5.56 Å². The minimum Gasteiger partial charge on any atom is -0.206 e. The highest BCUT2D eigenvalue weighted by Crippen LogP contribution is 2.18. The topological polar surface area (TPSA) is 23.8 Å². The predicted molar refractivity (Wildman–Crippen MR) is 48.6 cm³/mol. The summed E-state index contributed by atoms with van der Waals surface area (Å²) >= 11 is 0. The van der Waals surface area contributed by atoms with E-state index in [4.69, 9.17) is 5.26 Å². The highest BCUT2D eigenvalue weighted by atomic mass is 19.1. The molecule has 0 saturated heterocycles. The van der Waals surface area contributed by atoms with Gasteiger partial charge in [0.2, 0.25) is 0 Å². The summed E-state index contributed by atoms with van der Waals surface area (Å²) in [6.07, 6.45) is 0. The lowest BCUT2D eigenvalue weighted by Gasteiger charge is -1.98. The van der Waals surface area contributed by atoms with Crippen molar-refractivity contribution in [2.45, 2.75) is 0 Å². The minimum atomic E-state index is -0.457. The Balaban J connectivity index is 2.83. The fraction of sp³-hybridized carbons (Fsp3) is 0. The van der Waals surface area contributed by atoms with Crippen LogP contribution in [-0.2, 0) is 0 Å². The lowest BCUT2D eigenvalue weighted by atomic mass is 10.1. The summed E-state index contributed by atoms with van der Waals surface area (Å²) in [5, 5.41) is 10.3. The zero-order chi connectivity index (χ0) is 9.26. The van der Waals surface area contributed by atoms with Crippen LogP contribution in [0.2, 0.25) is 0 Å². The molecule has 0 spiro atoms. The first-order valence-corrected chi connectivity index (χ1v) is 3.89. The Bertz CT molecular complexity index is 497. The number of nitrogens with zero attached hydrogens (tertiary/aromatic N) is 1. The van der Waals surface area contributed by atoms with Gasteiger partial charge in [0, 0.05) is 0 Å². The molecule has 1 nitrogen and oxygen atoms in total. The van der Waals surface area contributed by atoms with Gasteiger partial charge in [0.1, 0.15) is 11.9 Å². The molecule has 0 aliphatic rings. The Morgan fingerprint density at radius 3 is 2.31 bits per heavy atom. The molecule has 0 aromatic heterocycles. The van der Waals surface area contributed by atoms with Gasteiger partial charge >= 0.3 is 0 Å². The lowest BCUT2D eigenvalue weighted by Crippen LogP contribution is -1.83. The van der Waals surface area contributed by atoms with E-state index >= 15 is 0 Å². The molecule has 0 unspecified atom stereocenters. The Kier molecular flexibility index (Phi) is 1.71. The second-order valence-corrected chi connectivity index (χ2v) is 2.79. The molecule has 0 saturated carbocycles. The smallest absolute Gasteiger partial charge is 0.141 e. The first-order valence-electron chi connectivity index (χ1n) is 3.89. The number of hydrogen-bond acceptors (Lipinski definition) is 1. The second kappa shape index (κ2) is 2.87. The van der Waals surface area contributed by atoms with E-state index in [1.165, 1.54) is 6.07 Å². The van der Waals surface area contributed by atoms with Crippen molar-refractivity contribution in [3.05, 3.63) is 47.8 Å². The van der Waals surface area contributed by atoms with Gasteiger partial charge in [0.25, 0.3) is 0 Å².